The van der Waals surface area contributed by atoms with E-state index >= 15 is 0 Å². The fraction of sp³-hybridized carbons (Fsp3) is 0.0645. The fourth-order valence-electron chi connectivity index (χ4n) is 9.59. The molecule has 12 rings (SSSR count). The first-order chi connectivity index (χ1) is 33.2. The molecule has 5 heterocycles. The molecule has 0 aliphatic rings. The fourth-order valence-corrected chi connectivity index (χ4v) is 9.59. The number of hydrogen-bond donors (Lipinski definition) is 0. The number of rotatable bonds is 11. The molecule has 0 atom stereocenters. The van der Waals surface area contributed by atoms with Gasteiger partial charge in [-0.1, -0.05) is 109 Å². The zero-order valence-corrected chi connectivity index (χ0v) is 39.4. The Morgan fingerprint density at radius 3 is 1.66 bits per heavy atom. The zero-order valence-electron chi connectivity index (χ0n) is 37.0. The number of aryl methyl sites for hydroxylation is 4. The molecule has 6 heteroatoms. The van der Waals surface area contributed by atoms with Crippen LogP contribution in [0, 0.1) is 18.2 Å². The first-order valence-corrected chi connectivity index (χ1v) is 22.9. The van der Waals surface area contributed by atoms with Crippen LogP contribution in [0.5, 0.6) is 0 Å². The van der Waals surface area contributed by atoms with Crippen molar-refractivity contribution in [1.29, 1.82) is 0 Å². The summed E-state index contributed by atoms with van der Waals surface area (Å²) in [6.07, 6.45) is 9.56. The van der Waals surface area contributed by atoms with Crippen molar-refractivity contribution < 1.29 is 20.1 Å². The van der Waals surface area contributed by atoms with Crippen molar-refractivity contribution in [3.63, 3.8) is 0 Å². The molecule has 0 saturated heterocycles. The molecule has 0 bridgehead atoms. The molecule has 68 heavy (non-hydrogen) atoms. The minimum absolute atomic E-state index is 0. The number of nitrogens with zero attached hydrogens (tertiary/aromatic N) is 5. The Morgan fingerprint density at radius 2 is 1.01 bits per heavy atom. The molecule has 324 valence electrons. The van der Waals surface area contributed by atoms with E-state index in [1.54, 1.807) is 0 Å². The Balaban J connectivity index is 0.00000507. The van der Waals surface area contributed by atoms with Crippen LogP contribution in [-0.2, 0) is 45.8 Å². The third-order valence-electron chi connectivity index (χ3n) is 12.8. The summed E-state index contributed by atoms with van der Waals surface area (Å²) >= 11 is 0. The van der Waals surface area contributed by atoms with Gasteiger partial charge < -0.3 is 19.4 Å². The standard InChI is InChI=1S/C62H42N5.Ir/c1-4-16-46(17-5-1)54-34-32-42(39-63-54)28-30-44-36-45(31-29-43-33-35-55(64-40-43)47-18-6-2-7-19-47)38-49(37-44)50-22-10-11-23-51(50)53-41-65-61-52-24-12-14-26-57(52)67-58-27-15-13-25-56(58)66-62(67)60(61)59(53)48-20-8-3-9-21-48;/h1-16,18,20-23,25-27,32-41H,28-31H2;/q-3;+3. The van der Waals surface area contributed by atoms with E-state index in [9.17, 15) is 0 Å². The Bertz CT molecular complexity index is 3620. The topological polar surface area (TPSA) is 56.0 Å². The molecular formula is C62H42IrN5. The van der Waals surface area contributed by atoms with Crippen LogP contribution in [0.25, 0.3) is 94.4 Å². The molecule has 0 unspecified atom stereocenters. The third kappa shape index (κ3) is 8.19. The van der Waals surface area contributed by atoms with Crippen LogP contribution < -0.4 is 0 Å². The first-order valence-electron chi connectivity index (χ1n) is 22.9. The van der Waals surface area contributed by atoms with Crippen molar-refractivity contribution in [3.8, 4) is 55.9 Å². The van der Waals surface area contributed by atoms with Gasteiger partial charge in [0.1, 0.15) is 5.65 Å². The van der Waals surface area contributed by atoms with Gasteiger partial charge in [-0.15, -0.1) is 101 Å². The minimum atomic E-state index is 0. The second-order valence-corrected chi connectivity index (χ2v) is 17.1. The molecular weight excluding hydrogens is 1010 g/mol. The molecule has 0 aliphatic heterocycles. The monoisotopic (exact) mass is 1050 g/mol. The molecule has 12 aromatic rings. The summed E-state index contributed by atoms with van der Waals surface area (Å²) in [4.78, 5) is 20.3. The molecule has 7 aromatic carbocycles. The quantitative estimate of drug-likeness (QED) is 0.0957. The van der Waals surface area contributed by atoms with E-state index in [2.05, 4.69) is 168 Å². The maximum atomic E-state index is 5.35. The Kier molecular flexibility index (Phi) is 11.8. The van der Waals surface area contributed by atoms with Crippen LogP contribution in [0.1, 0.15) is 22.3 Å². The maximum Gasteiger partial charge on any atom is 3.00 e. The van der Waals surface area contributed by atoms with Gasteiger partial charge in [-0.2, -0.15) is 0 Å². The van der Waals surface area contributed by atoms with E-state index in [1.807, 2.05) is 60.9 Å². The van der Waals surface area contributed by atoms with Crippen molar-refractivity contribution in [2.45, 2.75) is 25.7 Å². The maximum absolute atomic E-state index is 5.35. The van der Waals surface area contributed by atoms with Crippen LogP contribution in [0.15, 0.2) is 207 Å². The van der Waals surface area contributed by atoms with E-state index in [-0.39, 0.29) is 20.1 Å². The van der Waals surface area contributed by atoms with Gasteiger partial charge >= 0.3 is 20.1 Å². The second-order valence-electron chi connectivity index (χ2n) is 17.1. The van der Waals surface area contributed by atoms with Crippen LogP contribution in [0.3, 0.4) is 0 Å². The van der Waals surface area contributed by atoms with Gasteiger partial charge in [0.05, 0.1) is 11.0 Å². The van der Waals surface area contributed by atoms with Gasteiger partial charge in [0.2, 0.25) is 0 Å². The average Bonchev–Trinajstić information content (AvgIpc) is 3.80. The summed E-state index contributed by atoms with van der Waals surface area (Å²) in [6.45, 7) is 0. The van der Waals surface area contributed by atoms with Crippen LogP contribution in [0.4, 0.5) is 0 Å². The smallest absolute Gasteiger partial charge is 0.335 e. The van der Waals surface area contributed by atoms with Gasteiger partial charge in [0.15, 0.2) is 0 Å². The molecule has 0 fully saturated rings. The largest absolute Gasteiger partial charge is 3.00 e. The van der Waals surface area contributed by atoms with E-state index < -0.39 is 0 Å². The molecule has 5 aromatic heterocycles. The first kappa shape index (κ1) is 42.7. The molecule has 0 N–H and O–H groups in total. The number of pyridine rings is 4. The van der Waals surface area contributed by atoms with Gasteiger partial charge in [-0.25, -0.2) is 4.98 Å². The summed E-state index contributed by atoms with van der Waals surface area (Å²) in [7, 11) is 0. The van der Waals surface area contributed by atoms with Gasteiger partial charge in [0, 0.05) is 35.1 Å². The zero-order chi connectivity index (χ0) is 44.5. The molecule has 0 amide bonds. The van der Waals surface area contributed by atoms with Gasteiger partial charge in [-0.05, 0) is 105 Å². The number of benzene rings is 7. The van der Waals surface area contributed by atoms with Gasteiger partial charge in [0.25, 0.3) is 0 Å². The van der Waals surface area contributed by atoms with Crippen molar-refractivity contribution in [3.05, 3.63) is 247 Å². The Labute approximate surface area is 409 Å². The Hall–Kier alpha value is -7.89. The van der Waals surface area contributed by atoms with Crippen molar-refractivity contribution >= 4 is 38.5 Å². The molecule has 0 aliphatic carbocycles. The third-order valence-corrected chi connectivity index (χ3v) is 12.8. The van der Waals surface area contributed by atoms with E-state index in [1.165, 1.54) is 27.8 Å². The number of para-hydroxylation sites is 2. The summed E-state index contributed by atoms with van der Waals surface area (Å²) in [5, 5.41) is 1.97. The van der Waals surface area contributed by atoms with Crippen LogP contribution >= 0.6 is 0 Å². The van der Waals surface area contributed by atoms with E-state index in [0.29, 0.717) is 0 Å². The number of aromatic nitrogens is 5. The van der Waals surface area contributed by atoms with Crippen molar-refractivity contribution in [2.75, 3.05) is 0 Å². The summed E-state index contributed by atoms with van der Waals surface area (Å²) in [5.41, 5.74) is 20.3. The summed E-state index contributed by atoms with van der Waals surface area (Å²) in [5.74, 6) is 0. The Morgan fingerprint density at radius 1 is 0.426 bits per heavy atom. The number of imidazole rings is 1. The van der Waals surface area contributed by atoms with E-state index in [4.69, 9.17) is 19.9 Å². The number of fused-ring (bicyclic) bond motifs is 8. The van der Waals surface area contributed by atoms with Crippen molar-refractivity contribution in [2.24, 2.45) is 0 Å². The molecule has 0 saturated carbocycles. The second kappa shape index (κ2) is 18.8. The average molecular weight is 1050 g/mol. The van der Waals surface area contributed by atoms with Crippen LogP contribution in [0.2, 0.25) is 0 Å². The van der Waals surface area contributed by atoms with Crippen molar-refractivity contribution in [1.82, 2.24) is 24.3 Å². The van der Waals surface area contributed by atoms with Gasteiger partial charge in [-0.3, -0.25) is 0 Å². The number of hydrogen-bond acceptors (Lipinski definition) is 4. The van der Waals surface area contributed by atoms with E-state index in [0.717, 1.165) is 115 Å². The minimum Gasteiger partial charge on any atom is -0.335 e. The predicted molar refractivity (Wildman–Crippen MR) is 272 cm³/mol. The summed E-state index contributed by atoms with van der Waals surface area (Å²) < 4.78 is 2.29. The normalized spacial score (nSPS) is 11.4. The molecule has 0 radical (unpaired) electrons. The molecule has 5 nitrogen and oxygen atoms in total. The SMILES string of the molecule is [Ir+3].[c-]1ccccc1-c1ccc(CCc2cc(CCc3ccc(-c4[c-]cccc4)nc3)cc(-c3ccccc3-c3cnc4c5[c-]cccc5n5c6ccccc6nc5c4c3-c3ccccc3)c2)cn1. The van der Waals surface area contributed by atoms with Crippen LogP contribution in [-0.4, -0.2) is 24.3 Å². The summed E-state index contributed by atoms with van der Waals surface area (Å²) in [6, 6.07) is 76.0. The molecule has 0 spiro atoms. The predicted octanol–water partition coefficient (Wildman–Crippen LogP) is 14.3.